The molecule has 2 spiro atoms. The molecule has 8 atom stereocenters. The van der Waals surface area contributed by atoms with Gasteiger partial charge in [-0.05, 0) is 82.6 Å². The highest BCUT2D eigenvalue weighted by Crippen LogP contribution is 2.74. The van der Waals surface area contributed by atoms with Crippen LogP contribution >= 0.6 is 0 Å². The van der Waals surface area contributed by atoms with Gasteiger partial charge in [0.05, 0.1) is 30.3 Å². The zero-order valence-electron chi connectivity index (χ0n) is 20.0. The fraction of sp³-hybridized carbons (Fsp3) is 0.885. The van der Waals surface area contributed by atoms with E-state index in [-0.39, 0.29) is 46.8 Å². The van der Waals surface area contributed by atoms with Crippen LogP contribution in [0.4, 0.5) is 0 Å². The van der Waals surface area contributed by atoms with Crippen LogP contribution in [0.25, 0.3) is 0 Å². The topological polar surface area (TPSA) is 54.0 Å². The summed E-state index contributed by atoms with van der Waals surface area (Å²) in [5, 5.41) is 0. The summed E-state index contributed by atoms with van der Waals surface area (Å²) in [6.07, 6.45) is 4.77. The Balaban J connectivity index is 1.57. The maximum atomic E-state index is 14.1. The quantitative estimate of drug-likeness (QED) is 0.524. The predicted octanol–water partition coefficient (Wildman–Crippen LogP) is 4.64. The maximum absolute atomic E-state index is 14.1. The van der Waals surface area contributed by atoms with Gasteiger partial charge in [0, 0.05) is 11.3 Å². The van der Waals surface area contributed by atoms with Crippen LogP contribution in [0.3, 0.4) is 0 Å². The Kier molecular flexibility index (Phi) is 3.92. The first-order chi connectivity index (χ1) is 14.4. The Morgan fingerprint density at radius 1 is 0.871 bits per heavy atom. The molecule has 6 fully saturated rings. The number of Topliss-reactive ketones (excluding diaryl/α,β-unsaturated/α-hetero) is 1. The van der Waals surface area contributed by atoms with E-state index in [4.69, 9.17) is 18.9 Å². The van der Waals surface area contributed by atoms with E-state index < -0.39 is 17.0 Å². The second-order valence-electron chi connectivity index (χ2n) is 12.8. The molecule has 6 rings (SSSR count). The number of ketones is 1. The summed E-state index contributed by atoms with van der Waals surface area (Å²) < 4.78 is 26.3. The monoisotopic (exact) mass is 430 g/mol. The molecule has 0 aromatic rings. The highest BCUT2D eigenvalue weighted by atomic mass is 16.7. The molecule has 0 N–H and O–H groups in total. The Morgan fingerprint density at radius 3 is 2.32 bits per heavy atom. The second-order valence-corrected chi connectivity index (χ2v) is 12.8. The van der Waals surface area contributed by atoms with Crippen molar-refractivity contribution in [3.63, 3.8) is 0 Å². The van der Waals surface area contributed by atoms with Crippen molar-refractivity contribution in [1.29, 1.82) is 0 Å². The molecule has 0 aromatic heterocycles. The van der Waals surface area contributed by atoms with Crippen LogP contribution in [0.2, 0.25) is 0 Å². The van der Waals surface area contributed by atoms with Crippen LogP contribution in [-0.4, -0.2) is 42.3 Å². The van der Waals surface area contributed by atoms with Crippen LogP contribution < -0.4 is 0 Å². The number of hydrogen-bond donors (Lipinski definition) is 0. The van der Waals surface area contributed by atoms with Gasteiger partial charge in [-0.15, -0.1) is 0 Å². The van der Waals surface area contributed by atoms with Crippen molar-refractivity contribution in [2.24, 2.45) is 34.0 Å². The number of rotatable bonds is 0. The lowest BCUT2D eigenvalue weighted by atomic mass is 9.38. The van der Waals surface area contributed by atoms with Crippen molar-refractivity contribution >= 4 is 5.78 Å². The van der Waals surface area contributed by atoms with Crippen molar-refractivity contribution in [2.45, 2.75) is 104 Å². The summed E-state index contributed by atoms with van der Waals surface area (Å²) in [5.41, 5.74) is 0.0683. The highest BCUT2D eigenvalue weighted by molar-refractivity contribution is 6.04. The molecule has 4 saturated carbocycles. The summed E-state index contributed by atoms with van der Waals surface area (Å²) in [6.45, 7) is 17.8. The standard InChI is InChI=1S/C26H38O5/c1-14-15-8-9-16-25-13-28-23(4,5)29-18(25)10-11-22(2,3)17(25)12-19-26(16,20(14)27)21(15)31-24(6,7)30-19/h15-19,21H,1,8-13H2,2-7H3/t15-,16-,17+,18-,19+,21+,25-,26-/m0/s1. The molecular formula is C26H38O5. The first kappa shape index (κ1) is 20.8. The number of carbonyl (C=O) groups excluding carboxylic acids is 1. The molecule has 5 nitrogen and oxygen atoms in total. The summed E-state index contributed by atoms with van der Waals surface area (Å²) >= 11 is 0. The summed E-state index contributed by atoms with van der Waals surface area (Å²) in [7, 11) is 0. The van der Waals surface area contributed by atoms with Crippen molar-refractivity contribution in [3.05, 3.63) is 12.2 Å². The van der Waals surface area contributed by atoms with Crippen molar-refractivity contribution in [3.8, 4) is 0 Å². The normalized spacial score (nSPS) is 53.4. The lowest BCUT2D eigenvalue weighted by Gasteiger charge is -2.72. The van der Waals surface area contributed by atoms with Crippen LogP contribution in [0.1, 0.15) is 73.6 Å². The van der Waals surface area contributed by atoms with E-state index in [2.05, 4.69) is 20.4 Å². The van der Waals surface area contributed by atoms with Gasteiger partial charge in [0.1, 0.15) is 0 Å². The molecule has 6 aliphatic rings. The zero-order chi connectivity index (χ0) is 22.2. The molecule has 0 aromatic carbocycles. The molecule has 0 radical (unpaired) electrons. The number of hydrogen-bond acceptors (Lipinski definition) is 5. The van der Waals surface area contributed by atoms with E-state index in [1.807, 2.05) is 27.7 Å². The molecule has 0 amide bonds. The number of ether oxygens (including phenoxy) is 4. The molecule has 2 heterocycles. The molecule has 0 unspecified atom stereocenters. The van der Waals surface area contributed by atoms with Crippen molar-refractivity contribution < 1.29 is 23.7 Å². The molecule has 2 bridgehead atoms. The largest absolute Gasteiger partial charge is 0.350 e. The number of carbonyl (C=O) groups is 1. The molecule has 4 aliphatic carbocycles. The first-order valence-corrected chi connectivity index (χ1v) is 12.3. The van der Waals surface area contributed by atoms with Crippen LogP contribution in [0, 0.1) is 34.0 Å². The van der Waals surface area contributed by atoms with Gasteiger partial charge in [-0.25, -0.2) is 0 Å². The fourth-order valence-electron chi connectivity index (χ4n) is 9.08. The van der Waals surface area contributed by atoms with E-state index in [1.54, 1.807) is 0 Å². The summed E-state index contributed by atoms with van der Waals surface area (Å²) in [4.78, 5) is 14.1. The smallest absolute Gasteiger partial charge is 0.170 e. The third kappa shape index (κ3) is 2.34. The lowest BCUT2D eigenvalue weighted by molar-refractivity contribution is -0.416. The highest BCUT2D eigenvalue weighted by Gasteiger charge is 2.80. The van der Waals surface area contributed by atoms with Gasteiger partial charge in [-0.3, -0.25) is 4.79 Å². The van der Waals surface area contributed by atoms with E-state index in [1.165, 1.54) is 0 Å². The summed E-state index contributed by atoms with van der Waals surface area (Å²) in [6, 6.07) is 0. The Bertz CT molecular complexity index is 858. The van der Waals surface area contributed by atoms with Gasteiger partial charge < -0.3 is 18.9 Å². The van der Waals surface area contributed by atoms with E-state index in [0.29, 0.717) is 12.5 Å². The Hall–Kier alpha value is -0.750. The predicted molar refractivity (Wildman–Crippen MR) is 115 cm³/mol. The van der Waals surface area contributed by atoms with Crippen LogP contribution in [-0.2, 0) is 23.7 Å². The minimum atomic E-state index is -0.686. The minimum Gasteiger partial charge on any atom is -0.350 e. The van der Waals surface area contributed by atoms with Crippen LogP contribution in [0.15, 0.2) is 12.2 Å². The van der Waals surface area contributed by atoms with E-state index in [9.17, 15) is 4.79 Å². The van der Waals surface area contributed by atoms with Crippen molar-refractivity contribution in [1.82, 2.24) is 0 Å². The van der Waals surface area contributed by atoms with Gasteiger partial charge in [-0.1, -0.05) is 20.4 Å². The fourth-order valence-corrected chi connectivity index (χ4v) is 9.08. The molecular weight excluding hydrogens is 392 g/mol. The molecule has 172 valence electrons. The third-order valence-electron chi connectivity index (χ3n) is 10.1. The van der Waals surface area contributed by atoms with Gasteiger partial charge in [0.15, 0.2) is 17.4 Å². The molecule has 5 heteroatoms. The molecule has 2 aliphatic heterocycles. The Morgan fingerprint density at radius 2 is 1.58 bits per heavy atom. The zero-order valence-corrected chi connectivity index (χ0v) is 20.0. The summed E-state index contributed by atoms with van der Waals surface area (Å²) in [5.74, 6) is -0.451. The average molecular weight is 431 g/mol. The minimum absolute atomic E-state index is 0.100. The maximum Gasteiger partial charge on any atom is 0.170 e. The van der Waals surface area contributed by atoms with Crippen LogP contribution in [0.5, 0.6) is 0 Å². The third-order valence-corrected chi connectivity index (χ3v) is 10.1. The van der Waals surface area contributed by atoms with Gasteiger partial charge in [0.2, 0.25) is 0 Å². The molecule has 2 saturated heterocycles. The van der Waals surface area contributed by atoms with E-state index >= 15 is 0 Å². The molecule has 31 heavy (non-hydrogen) atoms. The average Bonchev–Trinajstić information content (AvgIpc) is 2.78. The Labute approximate surface area is 186 Å². The lowest BCUT2D eigenvalue weighted by Crippen LogP contribution is -2.77. The van der Waals surface area contributed by atoms with Gasteiger partial charge in [-0.2, -0.15) is 0 Å². The SMILES string of the molecule is C=C1C(=O)[C@@]23[C@@H]4OC(C)(C)O[C@@H]2C[C@@H]2C(C)(C)CC[C@@H]5OC(C)(C)OC[C@@]52[C@@H]3CC[C@@H]14. The first-order valence-electron chi connectivity index (χ1n) is 12.3. The van der Waals surface area contributed by atoms with Gasteiger partial charge in [0.25, 0.3) is 0 Å². The second kappa shape index (κ2) is 5.84. The van der Waals surface area contributed by atoms with Gasteiger partial charge >= 0.3 is 0 Å². The van der Waals surface area contributed by atoms with E-state index in [0.717, 1.165) is 37.7 Å². The van der Waals surface area contributed by atoms with Crippen molar-refractivity contribution in [2.75, 3.05) is 6.61 Å².